The third-order valence-corrected chi connectivity index (χ3v) is 7.37. The first-order chi connectivity index (χ1) is 18.3. The number of pyridine rings is 1. The number of piperidine rings is 1. The van der Waals surface area contributed by atoms with Gasteiger partial charge in [0.05, 0.1) is 17.6 Å². The van der Waals surface area contributed by atoms with Crippen LogP contribution < -0.4 is 10.6 Å². The number of nitrogens with zero attached hydrogens (tertiary/aromatic N) is 5. The standard InChI is InChI=1S/C28H32FN7O2/c1-18-5-4-6-19(2)35(18)14-12-30-27(37)21-7-8-22(29)23(15-21)33-28(38)25-17-31-26-16-20(10-13-36(25)26)24-9-11-32-34(24)3/h7-11,13,15-19H,4-6,12,14H2,1-3H3,(H,30,37)(H,33,38). The Balaban J connectivity index is 1.26. The van der Waals surface area contributed by atoms with Crippen molar-refractivity contribution in [1.82, 2.24) is 29.4 Å². The van der Waals surface area contributed by atoms with E-state index in [1.54, 1.807) is 21.5 Å². The lowest BCUT2D eigenvalue weighted by Gasteiger charge is -2.39. The fourth-order valence-electron chi connectivity index (χ4n) is 5.23. The van der Waals surface area contributed by atoms with Crippen LogP contribution in [-0.2, 0) is 7.05 Å². The molecule has 10 heteroatoms. The molecule has 4 aromatic rings. The van der Waals surface area contributed by atoms with E-state index in [0.717, 1.165) is 30.6 Å². The lowest BCUT2D eigenvalue weighted by molar-refractivity contribution is 0.0888. The van der Waals surface area contributed by atoms with Crippen molar-refractivity contribution < 1.29 is 14.0 Å². The van der Waals surface area contributed by atoms with Gasteiger partial charge in [-0.1, -0.05) is 6.42 Å². The summed E-state index contributed by atoms with van der Waals surface area (Å²) in [6, 6.07) is 10.6. The van der Waals surface area contributed by atoms with Crippen LogP contribution in [-0.4, -0.2) is 61.1 Å². The van der Waals surface area contributed by atoms with E-state index in [2.05, 4.69) is 39.5 Å². The molecule has 1 aliphatic rings. The van der Waals surface area contributed by atoms with Crippen molar-refractivity contribution in [3.05, 3.63) is 72.1 Å². The highest BCUT2D eigenvalue weighted by Crippen LogP contribution is 2.23. The van der Waals surface area contributed by atoms with E-state index in [9.17, 15) is 14.0 Å². The number of nitrogens with one attached hydrogen (secondary N) is 2. The van der Waals surface area contributed by atoms with Crippen LogP contribution in [0.4, 0.5) is 10.1 Å². The summed E-state index contributed by atoms with van der Waals surface area (Å²) >= 11 is 0. The molecule has 2 unspecified atom stereocenters. The number of aryl methyl sites for hydroxylation is 1. The number of carbonyl (C=O) groups excluding carboxylic acids is 2. The minimum absolute atomic E-state index is 0.0672. The molecule has 2 atom stereocenters. The van der Waals surface area contributed by atoms with E-state index in [4.69, 9.17) is 0 Å². The van der Waals surface area contributed by atoms with E-state index < -0.39 is 11.7 Å². The van der Waals surface area contributed by atoms with Crippen LogP contribution in [0.25, 0.3) is 16.9 Å². The number of hydrogen-bond donors (Lipinski definition) is 2. The number of amides is 2. The van der Waals surface area contributed by atoms with Gasteiger partial charge in [0, 0.05) is 55.7 Å². The van der Waals surface area contributed by atoms with Gasteiger partial charge in [-0.05, 0) is 63.1 Å². The zero-order valence-electron chi connectivity index (χ0n) is 21.8. The third kappa shape index (κ3) is 5.17. The molecule has 0 radical (unpaired) electrons. The first kappa shape index (κ1) is 25.6. The summed E-state index contributed by atoms with van der Waals surface area (Å²) in [5, 5.41) is 9.70. The number of halogens is 1. The predicted molar refractivity (Wildman–Crippen MR) is 144 cm³/mol. The molecule has 38 heavy (non-hydrogen) atoms. The molecule has 0 bridgehead atoms. The first-order valence-corrected chi connectivity index (χ1v) is 12.9. The van der Waals surface area contributed by atoms with Crippen molar-refractivity contribution in [3.63, 3.8) is 0 Å². The minimum atomic E-state index is -0.627. The lowest BCUT2D eigenvalue weighted by atomic mass is 9.98. The number of carbonyl (C=O) groups is 2. The number of rotatable bonds is 7. The van der Waals surface area contributed by atoms with E-state index in [-0.39, 0.29) is 22.9 Å². The highest BCUT2D eigenvalue weighted by atomic mass is 19.1. The Morgan fingerprint density at radius 2 is 1.87 bits per heavy atom. The summed E-state index contributed by atoms with van der Waals surface area (Å²) in [7, 11) is 1.85. The van der Waals surface area contributed by atoms with Gasteiger partial charge in [-0.25, -0.2) is 9.37 Å². The number of imidazole rings is 1. The zero-order valence-corrected chi connectivity index (χ0v) is 21.8. The van der Waals surface area contributed by atoms with Crippen LogP contribution in [0.15, 0.2) is 55.0 Å². The van der Waals surface area contributed by atoms with Crippen molar-refractivity contribution in [2.45, 2.75) is 45.2 Å². The molecule has 0 spiro atoms. The van der Waals surface area contributed by atoms with Gasteiger partial charge in [-0.2, -0.15) is 5.10 Å². The maximum atomic E-state index is 14.6. The van der Waals surface area contributed by atoms with Crippen molar-refractivity contribution in [2.24, 2.45) is 7.05 Å². The first-order valence-electron chi connectivity index (χ1n) is 12.9. The molecule has 1 aromatic carbocycles. The topological polar surface area (TPSA) is 96.6 Å². The Kier molecular flexibility index (Phi) is 7.24. The van der Waals surface area contributed by atoms with E-state index in [1.165, 1.54) is 30.8 Å². The molecule has 9 nitrogen and oxygen atoms in total. The van der Waals surface area contributed by atoms with E-state index >= 15 is 0 Å². The molecule has 2 amide bonds. The second-order valence-corrected chi connectivity index (χ2v) is 9.90. The number of benzene rings is 1. The van der Waals surface area contributed by atoms with Gasteiger partial charge in [0.2, 0.25) is 0 Å². The van der Waals surface area contributed by atoms with Gasteiger partial charge < -0.3 is 10.6 Å². The molecule has 5 rings (SSSR count). The van der Waals surface area contributed by atoms with Gasteiger partial charge in [-0.3, -0.25) is 23.6 Å². The van der Waals surface area contributed by atoms with Crippen molar-refractivity contribution in [2.75, 3.05) is 18.4 Å². The SMILES string of the molecule is CC1CCCC(C)N1CCNC(=O)c1ccc(F)c(NC(=O)c2cnc3cc(-c4ccnn4C)ccn23)c1. The van der Waals surface area contributed by atoms with Gasteiger partial charge in [-0.15, -0.1) is 0 Å². The molecule has 1 saturated heterocycles. The van der Waals surface area contributed by atoms with Crippen LogP contribution >= 0.6 is 0 Å². The molecule has 4 heterocycles. The number of likely N-dealkylation sites (tertiary alicyclic amines) is 1. The second kappa shape index (κ2) is 10.7. The monoisotopic (exact) mass is 517 g/mol. The summed E-state index contributed by atoms with van der Waals surface area (Å²) in [4.78, 5) is 32.6. The minimum Gasteiger partial charge on any atom is -0.351 e. The van der Waals surface area contributed by atoms with Crippen molar-refractivity contribution in [3.8, 4) is 11.3 Å². The zero-order chi connectivity index (χ0) is 26.8. The summed E-state index contributed by atoms with van der Waals surface area (Å²) in [6.45, 7) is 5.69. The predicted octanol–water partition coefficient (Wildman–Crippen LogP) is 4.12. The van der Waals surface area contributed by atoms with Gasteiger partial charge in [0.25, 0.3) is 11.8 Å². The van der Waals surface area contributed by atoms with Crippen LogP contribution in [0.2, 0.25) is 0 Å². The maximum Gasteiger partial charge on any atom is 0.274 e. The maximum absolute atomic E-state index is 14.6. The quantitative estimate of drug-likeness (QED) is 0.385. The molecule has 0 aliphatic carbocycles. The lowest BCUT2D eigenvalue weighted by Crippen LogP contribution is -2.47. The average molecular weight is 518 g/mol. The molecular formula is C28H32FN7O2. The Hall–Kier alpha value is -4.05. The van der Waals surface area contributed by atoms with Crippen LogP contribution in [0.1, 0.15) is 54.0 Å². The Morgan fingerprint density at radius 1 is 1.08 bits per heavy atom. The average Bonchev–Trinajstić information content (AvgIpc) is 3.52. The Labute approximate surface area is 220 Å². The van der Waals surface area contributed by atoms with Crippen LogP contribution in [0.5, 0.6) is 0 Å². The largest absolute Gasteiger partial charge is 0.351 e. The molecule has 0 saturated carbocycles. The number of fused-ring (bicyclic) bond motifs is 1. The number of hydrogen-bond acceptors (Lipinski definition) is 5. The van der Waals surface area contributed by atoms with Gasteiger partial charge in [0.1, 0.15) is 17.2 Å². The molecule has 3 aromatic heterocycles. The second-order valence-electron chi connectivity index (χ2n) is 9.90. The molecule has 2 N–H and O–H groups in total. The van der Waals surface area contributed by atoms with Crippen LogP contribution in [0, 0.1) is 5.82 Å². The summed E-state index contributed by atoms with van der Waals surface area (Å²) in [5.41, 5.74) is 2.85. The smallest absolute Gasteiger partial charge is 0.274 e. The van der Waals surface area contributed by atoms with Gasteiger partial charge in [0.15, 0.2) is 0 Å². The molecule has 198 valence electrons. The van der Waals surface area contributed by atoms with E-state index in [1.807, 2.05) is 25.2 Å². The van der Waals surface area contributed by atoms with Crippen molar-refractivity contribution in [1.29, 1.82) is 0 Å². The van der Waals surface area contributed by atoms with Gasteiger partial charge >= 0.3 is 0 Å². The summed E-state index contributed by atoms with van der Waals surface area (Å²) in [6.07, 6.45) is 8.45. The third-order valence-electron chi connectivity index (χ3n) is 7.37. The molecular weight excluding hydrogens is 485 g/mol. The summed E-state index contributed by atoms with van der Waals surface area (Å²) in [5.74, 6) is -1.47. The summed E-state index contributed by atoms with van der Waals surface area (Å²) < 4.78 is 18.0. The van der Waals surface area contributed by atoms with Crippen molar-refractivity contribution >= 4 is 23.1 Å². The number of aromatic nitrogens is 4. The Bertz CT molecular complexity index is 1470. The highest BCUT2D eigenvalue weighted by Gasteiger charge is 2.24. The highest BCUT2D eigenvalue weighted by molar-refractivity contribution is 6.04. The normalized spacial score (nSPS) is 18.0. The molecule has 1 fully saturated rings. The Morgan fingerprint density at radius 3 is 2.61 bits per heavy atom. The van der Waals surface area contributed by atoms with E-state index in [0.29, 0.717) is 24.3 Å². The number of anilines is 1. The fourth-order valence-corrected chi connectivity index (χ4v) is 5.23. The van der Waals surface area contributed by atoms with Crippen LogP contribution in [0.3, 0.4) is 0 Å². The fraction of sp³-hybridized carbons (Fsp3) is 0.357. The molecule has 1 aliphatic heterocycles.